The molecule has 1 unspecified atom stereocenters. The third kappa shape index (κ3) is 2.28. The van der Waals surface area contributed by atoms with E-state index in [1.807, 2.05) is 12.1 Å². The van der Waals surface area contributed by atoms with Crippen molar-refractivity contribution in [2.45, 2.75) is 6.04 Å². The number of nitrogens with zero attached hydrogens (tertiary/aromatic N) is 1. The molecule has 1 atom stereocenters. The monoisotopic (exact) mass is 241 g/mol. The number of carboxylic acid groups (broad SMARTS) is 1. The summed E-state index contributed by atoms with van der Waals surface area (Å²) < 4.78 is 5.17. The number of carboxylic acids is 1. The van der Waals surface area contributed by atoms with Gasteiger partial charge in [0, 0.05) is 17.3 Å². The van der Waals surface area contributed by atoms with Crippen LogP contribution in [-0.4, -0.2) is 36.9 Å². The number of benzene rings is 1. The molecule has 1 saturated heterocycles. The molecule has 1 N–H and O–H groups in total. The summed E-state index contributed by atoms with van der Waals surface area (Å²) in [5.41, 5.74) is 0.822. The highest BCUT2D eigenvalue weighted by molar-refractivity contribution is 6.30. The molecule has 0 amide bonds. The van der Waals surface area contributed by atoms with Gasteiger partial charge in [-0.1, -0.05) is 17.7 Å². The maximum Gasteiger partial charge on any atom is 0.328 e. The van der Waals surface area contributed by atoms with Gasteiger partial charge in [-0.15, -0.1) is 0 Å². The standard InChI is InChI=1S/C11H12ClNO3/c12-8-2-1-3-9(6-8)13-4-5-16-7-10(13)11(14)15/h1-3,6,10H,4-5,7H2,(H,14,15). The highest BCUT2D eigenvalue weighted by Crippen LogP contribution is 2.23. The molecule has 1 aromatic carbocycles. The van der Waals surface area contributed by atoms with E-state index in [0.717, 1.165) is 5.69 Å². The molecule has 1 heterocycles. The van der Waals surface area contributed by atoms with Crippen molar-refractivity contribution in [1.82, 2.24) is 0 Å². The molecule has 0 radical (unpaired) electrons. The second-order valence-corrected chi connectivity index (χ2v) is 4.04. The van der Waals surface area contributed by atoms with Crippen LogP contribution in [0.3, 0.4) is 0 Å². The van der Waals surface area contributed by atoms with Crippen LogP contribution in [0, 0.1) is 0 Å². The first-order valence-electron chi connectivity index (χ1n) is 5.01. The SMILES string of the molecule is O=C(O)C1COCCN1c1cccc(Cl)c1. The van der Waals surface area contributed by atoms with E-state index in [9.17, 15) is 4.79 Å². The fraction of sp³-hybridized carbons (Fsp3) is 0.364. The van der Waals surface area contributed by atoms with E-state index in [1.165, 1.54) is 0 Å². The summed E-state index contributed by atoms with van der Waals surface area (Å²) >= 11 is 5.89. The molecule has 1 aromatic rings. The molecule has 1 aliphatic rings. The van der Waals surface area contributed by atoms with Gasteiger partial charge in [-0.25, -0.2) is 4.79 Å². The fourth-order valence-corrected chi connectivity index (χ4v) is 1.96. The minimum absolute atomic E-state index is 0.210. The molecule has 16 heavy (non-hydrogen) atoms. The number of hydrogen-bond acceptors (Lipinski definition) is 3. The molecule has 5 heteroatoms. The minimum Gasteiger partial charge on any atom is -0.480 e. The summed E-state index contributed by atoms with van der Waals surface area (Å²) in [5.74, 6) is -0.875. The maximum absolute atomic E-state index is 11.1. The van der Waals surface area contributed by atoms with Gasteiger partial charge in [0.15, 0.2) is 6.04 Å². The van der Waals surface area contributed by atoms with Gasteiger partial charge < -0.3 is 14.7 Å². The lowest BCUT2D eigenvalue weighted by atomic mass is 10.2. The van der Waals surface area contributed by atoms with Crippen molar-refractivity contribution >= 4 is 23.3 Å². The molecule has 0 aliphatic carbocycles. The van der Waals surface area contributed by atoms with Crippen molar-refractivity contribution in [1.29, 1.82) is 0 Å². The van der Waals surface area contributed by atoms with Gasteiger partial charge in [-0.3, -0.25) is 0 Å². The number of morpholine rings is 1. The smallest absolute Gasteiger partial charge is 0.328 e. The van der Waals surface area contributed by atoms with E-state index < -0.39 is 12.0 Å². The van der Waals surface area contributed by atoms with Crippen molar-refractivity contribution in [2.24, 2.45) is 0 Å². The van der Waals surface area contributed by atoms with Crippen LogP contribution in [0.5, 0.6) is 0 Å². The molecular weight excluding hydrogens is 230 g/mol. The van der Waals surface area contributed by atoms with Crippen molar-refractivity contribution in [3.05, 3.63) is 29.3 Å². The highest BCUT2D eigenvalue weighted by Gasteiger charge is 2.29. The van der Waals surface area contributed by atoms with Crippen LogP contribution in [-0.2, 0) is 9.53 Å². The van der Waals surface area contributed by atoms with E-state index in [2.05, 4.69) is 0 Å². The number of rotatable bonds is 2. The Bertz CT molecular complexity index is 397. The lowest BCUT2D eigenvalue weighted by molar-refractivity contribution is -0.141. The normalized spacial score (nSPS) is 20.8. The molecule has 0 saturated carbocycles. The van der Waals surface area contributed by atoms with Gasteiger partial charge in [-0.05, 0) is 18.2 Å². The second-order valence-electron chi connectivity index (χ2n) is 3.60. The minimum atomic E-state index is -0.875. The Morgan fingerprint density at radius 2 is 2.38 bits per heavy atom. The molecule has 0 bridgehead atoms. The molecule has 0 aromatic heterocycles. The van der Waals surface area contributed by atoms with Crippen LogP contribution in [0.1, 0.15) is 0 Å². The quantitative estimate of drug-likeness (QED) is 0.855. The average Bonchev–Trinajstić information content (AvgIpc) is 2.29. The van der Waals surface area contributed by atoms with Crippen molar-refractivity contribution < 1.29 is 14.6 Å². The van der Waals surface area contributed by atoms with Crippen LogP contribution in [0.25, 0.3) is 0 Å². The first-order chi connectivity index (χ1) is 7.68. The Kier molecular flexibility index (Phi) is 3.31. The molecule has 0 spiro atoms. The summed E-state index contributed by atoms with van der Waals surface area (Å²) in [6.45, 7) is 1.31. The van der Waals surface area contributed by atoms with Crippen molar-refractivity contribution in [3.8, 4) is 0 Å². The first kappa shape index (κ1) is 11.2. The summed E-state index contributed by atoms with van der Waals surface area (Å²) in [5, 5.41) is 9.69. The van der Waals surface area contributed by atoms with Crippen LogP contribution >= 0.6 is 11.6 Å². The number of ether oxygens (including phenoxy) is 1. The first-order valence-corrected chi connectivity index (χ1v) is 5.39. The second kappa shape index (κ2) is 4.72. The average molecular weight is 242 g/mol. The zero-order valence-electron chi connectivity index (χ0n) is 8.60. The zero-order valence-corrected chi connectivity index (χ0v) is 9.35. The van der Waals surface area contributed by atoms with Crippen LogP contribution in [0.4, 0.5) is 5.69 Å². The van der Waals surface area contributed by atoms with Gasteiger partial charge in [0.2, 0.25) is 0 Å². The summed E-state index contributed by atoms with van der Waals surface area (Å²) in [6.07, 6.45) is 0. The van der Waals surface area contributed by atoms with Gasteiger partial charge in [-0.2, -0.15) is 0 Å². The van der Waals surface area contributed by atoms with E-state index in [1.54, 1.807) is 17.0 Å². The largest absolute Gasteiger partial charge is 0.480 e. The molecular formula is C11H12ClNO3. The predicted octanol–water partition coefficient (Wildman–Crippen LogP) is 1.63. The summed E-state index contributed by atoms with van der Waals surface area (Å²) in [4.78, 5) is 12.9. The Hall–Kier alpha value is -1.26. The Morgan fingerprint density at radius 3 is 3.06 bits per heavy atom. The van der Waals surface area contributed by atoms with Gasteiger partial charge in [0.05, 0.1) is 13.2 Å². The predicted molar refractivity (Wildman–Crippen MR) is 61.0 cm³/mol. The summed E-state index contributed by atoms with van der Waals surface area (Å²) in [7, 11) is 0. The van der Waals surface area contributed by atoms with Gasteiger partial charge in [0.1, 0.15) is 0 Å². The highest BCUT2D eigenvalue weighted by atomic mass is 35.5. The molecule has 1 aliphatic heterocycles. The van der Waals surface area contributed by atoms with Crippen LogP contribution in [0.2, 0.25) is 5.02 Å². The maximum atomic E-state index is 11.1. The van der Waals surface area contributed by atoms with Gasteiger partial charge in [0.25, 0.3) is 0 Å². The number of halogens is 1. The zero-order chi connectivity index (χ0) is 11.5. The molecule has 1 fully saturated rings. The Morgan fingerprint density at radius 1 is 1.56 bits per heavy atom. The number of hydrogen-bond donors (Lipinski definition) is 1. The third-order valence-corrected chi connectivity index (χ3v) is 2.79. The molecule has 86 valence electrons. The van der Waals surface area contributed by atoms with E-state index in [0.29, 0.717) is 18.2 Å². The number of anilines is 1. The molecule has 4 nitrogen and oxygen atoms in total. The summed E-state index contributed by atoms with van der Waals surface area (Å²) in [6, 6.07) is 6.57. The van der Waals surface area contributed by atoms with Gasteiger partial charge >= 0.3 is 5.97 Å². The third-order valence-electron chi connectivity index (χ3n) is 2.55. The van der Waals surface area contributed by atoms with Crippen molar-refractivity contribution in [2.75, 3.05) is 24.7 Å². The van der Waals surface area contributed by atoms with E-state index >= 15 is 0 Å². The lowest BCUT2D eigenvalue weighted by Gasteiger charge is -2.34. The fourth-order valence-electron chi connectivity index (χ4n) is 1.77. The number of carbonyl (C=O) groups is 1. The topological polar surface area (TPSA) is 49.8 Å². The van der Waals surface area contributed by atoms with E-state index in [-0.39, 0.29) is 6.61 Å². The Labute approximate surface area is 98.4 Å². The molecule has 2 rings (SSSR count). The van der Waals surface area contributed by atoms with E-state index in [4.69, 9.17) is 21.4 Å². The van der Waals surface area contributed by atoms with Crippen LogP contribution < -0.4 is 4.90 Å². The van der Waals surface area contributed by atoms with Crippen molar-refractivity contribution in [3.63, 3.8) is 0 Å². The number of aliphatic carboxylic acids is 1. The van der Waals surface area contributed by atoms with Crippen LogP contribution in [0.15, 0.2) is 24.3 Å². The Balaban J connectivity index is 2.26. The lowest BCUT2D eigenvalue weighted by Crippen LogP contribution is -2.50.